The Labute approximate surface area is 86.4 Å². The van der Waals surface area contributed by atoms with Crippen molar-refractivity contribution < 1.29 is 13.2 Å². The van der Waals surface area contributed by atoms with E-state index in [-0.39, 0.29) is 5.56 Å². The van der Waals surface area contributed by atoms with Gasteiger partial charge in [0.05, 0.1) is 5.56 Å². The van der Waals surface area contributed by atoms with Crippen LogP contribution in [0.3, 0.4) is 0 Å². The summed E-state index contributed by atoms with van der Waals surface area (Å²) in [6.07, 6.45) is -3.97. The number of benzene rings is 1. The van der Waals surface area contributed by atoms with Crippen molar-refractivity contribution in [2.24, 2.45) is 5.73 Å². The van der Waals surface area contributed by atoms with Crippen molar-refractivity contribution >= 4 is 5.57 Å². The zero-order valence-corrected chi connectivity index (χ0v) is 8.14. The van der Waals surface area contributed by atoms with Crippen LogP contribution in [0.25, 0.3) is 5.57 Å². The van der Waals surface area contributed by atoms with Gasteiger partial charge in [0, 0.05) is 0 Å². The molecule has 0 aliphatic rings. The van der Waals surface area contributed by atoms with E-state index in [0.717, 1.165) is 6.07 Å². The Morgan fingerprint density at radius 2 is 1.87 bits per heavy atom. The van der Waals surface area contributed by atoms with Crippen LogP contribution in [0.4, 0.5) is 13.2 Å². The third-order valence-corrected chi connectivity index (χ3v) is 2.06. The summed E-state index contributed by atoms with van der Waals surface area (Å²) in [4.78, 5) is 0. The van der Waals surface area contributed by atoms with Crippen LogP contribution >= 0.6 is 0 Å². The van der Waals surface area contributed by atoms with E-state index in [0.29, 0.717) is 18.5 Å². The van der Waals surface area contributed by atoms with E-state index < -0.39 is 11.7 Å². The van der Waals surface area contributed by atoms with Gasteiger partial charge in [0.2, 0.25) is 0 Å². The number of hydrogen-bond donors (Lipinski definition) is 1. The predicted molar refractivity (Wildman–Crippen MR) is 54.1 cm³/mol. The lowest BCUT2D eigenvalue weighted by Crippen LogP contribution is -2.09. The first-order valence-electron chi connectivity index (χ1n) is 4.51. The van der Waals surface area contributed by atoms with Crippen molar-refractivity contribution in [2.45, 2.75) is 12.6 Å². The number of rotatable bonds is 3. The SMILES string of the molecule is C=C(CCN)c1ccccc1C(F)(F)F. The summed E-state index contributed by atoms with van der Waals surface area (Å²) in [6, 6.07) is 5.40. The maximum Gasteiger partial charge on any atom is 0.416 e. The molecule has 0 atom stereocenters. The summed E-state index contributed by atoms with van der Waals surface area (Å²) in [5.74, 6) is 0. The Bertz CT molecular complexity index is 355. The molecule has 0 amide bonds. The van der Waals surface area contributed by atoms with E-state index in [4.69, 9.17) is 5.73 Å². The van der Waals surface area contributed by atoms with Gasteiger partial charge in [-0.1, -0.05) is 24.8 Å². The molecule has 0 bridgehead atoms. The molecule has 0 radical (unpaired) electrons. The van der Waals surface area contributed by atoms with Crippen LogP contribution in [-0.2, 0) is 6.18 Å². The van der Waals surface area contributed by atoms with E-state index in [1.165, 1.54) is 12.1 Å². The van der Waals surface area contributed by atoms with E-state index in [1.54, 1.807) is 6.07 Å². The highest BCUT2D eigenvalue weighted by Crippen LogP contribution is 2.34. The number of alkyl halides is 3. The molecular weight excluding hydrogens is 203 g/mol. The first-order chi connectivity index (χ1) is 6.96. The third-order valence-electron chi connectivity index (χ3n) is 2.06. The molecule has 0 aromatic heterocycles. The minimum absolute atomic E-state index is 0.135. The lowest BCUT2D eigenvalue weighted by Gasteiger charge is -2.13. The second-order valence-electron chi connectivity index (χ2n) is 3.19. The van der Waals surface area contributed by atoms with E-state index in [9.17, 15) is 13.2 Å². The molecule has 0 aliphatic carbocycles. The Morgan fingerprint density at radius 1 is 1.27 bits per heavy atom. The summed E-state index contributed by atoms with van der Waals surface area (Å²) in [7, 11) is 0. The van der Waals surface area contributed by atoms with Crippen molar-refractivity contribution in [3.8, 4) is 0 Å². The van der Waals surface area contributed by atoms with Crippen LogP contribution < -0.4 is 5.73 Å². The highest BCUT2D eigenvalue weighted by atomic mass is 19.4. The average molecular weight is 215 g/mol. The van der Waals surface area contributed by atoms with Gasteiger partial charge in [0.1, 0.15) is 0 Å². The Morgan fingerprint density at radius 3 is 2.40 bits per heavy atom. The highest BCUT2D eigenvalue weighted by molar-refractivity contribution is 5.66. The fourth-order valence-electron chi connectivity index (χ4n) is 1.35. The molecule has 0 heterocycles. The zero-order chi connectivity index (χ0) is 11.5. The van der Waals surface area contributed by atoms with Crippen molar-refractivity contribution in [1.29, 1.82) is 0 Å². The van der Waals surface area contributed by atoms with Gasteiger partial charge in [-0.3, -0.25) is 0 Å². The molecule has 0 saturated heterocycles. The largest absolute Gasteiger partial charge is 0.416 e. The molecule has 82 valence electrons. The van der Waals surface area contributed by atoms with Crippen molar-refractivity contribution in [1.82, 2.24) is 0 Å². The summed E-state index contributed by atoms with van der Waals surface area (Å²) in [5, 5.41) is 0. The van der Waals surface area contributed by atoms with Crippen LogP contribution in [0.15, 0.2) is 30.8 Å². The maximum absolute atomic E-state index is 12.6. The van der Waals surface area contributed by atoms with Gasteiger partial charge in [0.25, 0.3) is 0 Å². The van der Waals surface area contributed by atoms with Crippen LogP contribution in [-0.4, -0.2) is 6.54 Å². The monoisotopic (exact) mass is 215 g/mol. The van der Waals surface area contributed by atoms with Crippen molar-refractivity contribution in [3.63, 3.8) is 0 Å². The molecule has 1 nitrogen and oxygen atoms in total. The topological polar surface area (TPSA) is 26.0 Å². The van der Waals surface area contributed by atoms with Crippen LogP contribution in [0, 0.1) is 0 Å². The fourth-order valence-corrected chi connectivity index (χ4v) is 1.35. The highest BCUT2D eigenvalue weighted by Gasteiger charge is 2.33. The summed E-state index contributed by atoms with van der Waals surface area (Å²) in [6.45, 7) is 3.91. The lowest BCUT2D eigenvalue weighted by molar-refractivity contribution is -0.137. The van der Waals surface area contributed by atoms with Gasteiger partial charge in [-0.05, 0) is 30.2 Å². The standard InChI is InChI=1S/C11H12F3N/c1-8(6-7-15)9-4-2-3-5-10(9)11(12,13)14/h2-5H,1,6-7,15H2. The third kappa shape index (κ3) is 2.83. The van der Waals surface area contributed by atoms with E-state index in [2.05, 4.69) is 6.58 Å². The van der Waals surface area contributed by atoms with Gasteiger partial charge in [-0.25, -0.2) is 0 Å². The smallest absolute Gasteiger partial charge is 0.330 e. The molecule has 0 saturated carbocycles. The van der Waals surface area contributed by atoms with Crippen LogP contribution in [0.1, 0.15) is 17.5 Å². The second-order valence-corrected chi connectivity index (χ2v) is 3.19. The van der Waals surface area contributed by atoms with Gasteiger partial charge in [0.15, 0.2) is 0 Å². The van der Waals surface area contributed by atoms with Gasteiger partial charge in [-0.15, -0.1) is 0 Å². The van der Waals surface area contributed by atoms with Crippen molar-refractivity contribution in [3.05, 3.63) is 42.0 Å². The lowest BCUT2D eigenvalue weighted by atomic mass is 9.98. The summed E-state index contributed by atoms with van der Waals surface area (Å²) < 4.78 is 37.7. The van der Waals surface area contributed by atoms with Crippen molar-refractivity contribution in [2.75, 3.05) is 6.54 Å². The number of halogens is 3. The van der Waals surface area contributed by atoms with Gasteiger partial charge < -0.3 is 5.73 Å². The molecule has 0 spiro atoms. The predicted octanol–water partition coefficient (Wildman–Crippen LogP) is 3.07. The fraction of sp³-hybridized carbons (Fsp3) is 0.273. The van der Waals surface area contributed by atoms with E-state index >= 15 is 0 Å². The molecule has 15 heavy (non-hydrogen) atoms. The second kappa shape index (κ2) is 4.49. The molecule has 2 N–H and O–H groups in total. The average Bonchev–Trinajstić information content (AvgIpc) is 2.17. The molecule has 1 aromatic rings. The molecule has 0 unspecified atom stereocenters. The first kappa shape index (κ1) is 11.8. The molecule has 0 aliphatic heterocycles. The van der Waals surface area contributed by atoms with E-state index in [1.807, 2.05) is 0 Å². The molecule has 0 fully saturated rings. The van der Waals surface area contributed by atoms with Gasteiger partial charge >= 0.3 is 6.18 Å². The van der Waals surface area contributed by atoms with Crippen LogP contribution in [0.5, 0.6) is 0 Å². The van der Waals surface area contributed by atoms with Crippen LogP contribution in [0.2, 0.25) is 0 Å². The molecule has 1 aromatic carbocycles. The maximum atomic E-state index is 12.6. The number of nitrogens with two attached hydrogens (primary N) is 1. The van der Waals surface area contributed by atoms with Gasteiger partial charge in [-0.2, -0.15) is 13.2 Å². The number of hydrogen-bond acceptors (Lipinski definition) is 1. The zero-order valence-electron chi connectivity index (χ0n) is 8.14. The minimum atomic E-state index is -4.34. The molecule has 4 heteroatoms. The summed E-state index contributed by atoms with van der Waals surface area (Å²) >= 11 is 0. The minimum Gasteiger partial charge on any atom is -0.330 e. The Balaban J connectivity index is 3.12. The Hall–Kier alpha value is -1.29. The quantitative estimate of drug-likeness (QED) is 0.823. The summed E-state index contributed by atoms with van der Waals surface area (Å²) in [5.41, 5.74) is 5.19. The first-order valence-corrected chi connectivity index (χ1v) is 4.51. The normalized spacial score (nSPS) is 11.5. The molecular formula is C11H12F3N. The molecule has 1 rings (SSSR count). The Kier molecular flexibility index (Phi) is 3.52.